The SMILES string of the molecule is CCCCOCCOCCOCCC(CC)C(C)O. The van der Waals surface area contributed by atoms with E-state index < -0.39 is 0 Å². The molecule has 0 aliphatic carbocycles. The number of aliphatic hydroxyl groups is 1. The molecule has 19 heavy (non-hydrogen) atoms. The Morgan fingerprint density at radius 3 is 1.84 bits per heavy atom. The second-order valence-electron chi connectivity index (χ2n) is 4.89. The van der Waals surface area contributed by atoms with Crippen LogP contribution in [0.3, 0.4) is 0 Å². The fraction of sp³-hybridized carbons (Fsp3) is 1.00. The van der Waals surface area contributed by atoms with Crippen molar-refractivity contribution >= 4 is 0 Å². The van der Waals surface area contributed by atoms with Crippen LogP contribution >= 0.6 is 0 Å². The summed E-state index contributed by atoms with van der Waals surface area (Å²) < 4.78 is 16.3. The van der Waals surface area contributed by atoms with Gasteiger partial charge in [-0.15, -0.1) is 0 Å². The monoisotopic (exact) mass is 276 g/mol. The molecule has 2 unspecified atom stereocenters. The molecule has 0 fully saturated rings. The Labute approximate surface area is 118 Å². The molecule has 0 aliphatic heterocycles. The summed E-state index contributed by atoms with van der Waals surface area (Å²) in [6.45, 7) is 10.1. The van der Waals surface area contributed by atoms with Crippen LogP contribution in [0.4, 0.5) is 0 Å². The second kappa shape index (κ2) is 14.3. The van der Waals surface area contributed by atoms with Gasteiger partial charge >= 0.3 is 0 Å². The molecule has 1 N–H and O–H groups in total. The van der Waals surface area contributed by atoms with Crippen molar-refractivity contribution in [2.45, 2.75) is 52.6 Å². The van der Waals surface area contributed by atoms with Gasteiger partial charge in [0.05, 0.1) is 32.5 Å². The average molecular weight is 276 g/mol. The molecule has 0 aliphatic rings. The van der Waals surface area contributed by atoms with Crippen LogP contribution < -0.4 is 0 Å². The minimum Gasteiger partial charge on any atom is -0.393 e. The van der Waals surface area contributed by atoms with Crippen LogP contribution in [0.2, 0.25) is 0 Å². The molecule has 4 heteroatoms. The molecule has 0 aromatic carbocycles. The normalized spacial score (nSPS) is 14.5. The Kier molecular flexibility index (Phi) is 14.1. The van der Waals surface area contributed by atoms with Crippen LogP contribution in [-0.4, -0.2) is 50.9 Å². The Morgan fingerprint density at radius 2 is 1.37 bits per heavy atom. The predicted octanol–water partition coefficient (Wildman–Crippen LogP) is 2.63. The predicted molar refractivity (Wildman–Crippen MR) is 77.4 cm³/mol. The van der Waals surface area contributed by atoms with E-state index >= 15 is 0 Å². The molecule has 0 saturated carbocycles. The van der Waals surface area contributed by atoms with Crippen LogP contribution in [0.15, 0.2) is 0 Å². The maximum atomic E-state index is 9.48. The van der Waals surface area contributed by atoms with Crippen molar-refractivity contribution < 1.29 is 19.3 Å². The highest BCUT2D eigenvalue weighted by molar-refractivity contribution is 4.62. The van der Waals surface area contributed by atoms with Gasteiger partial charge in [-0.1, -0.05) is 26.7 Å². The summed E-state index contributed by atoms with van der Waals surface area (Å²) in [7, 11) is 0. The van der Waals surface area contributed by atoms with E-state index in [-0.39, 0.29) is 6.10 Å². The van der Waals surface area contributed by atoms with Crippen molar-refractivity contribution in [2.75, 3.05) is 39.6 Å². The van der Waals surface area contributed by atoms with Crippen LogP contribution in [0.1, 0.15) is 46.5 Å². The number of aliphatic hydroxyl groups excluding tert-OH is 1. The van der Waals surface area contributed by atoms with Crippen molar-refractivity contribution in [3.63, 3.8) is 0 Å². The lowest BCUT2D eigenvalue weighted by atomic mass is 9.97. The van der Waals surface area contributed by atoms with Crippen molar-refractivity contribution in [1.29, 1.82) is 0 Å². The van der Waals surface area contributed by atoms with E-state index in [4.69, 9.17) is 14.2 Å². The number of ether oxygens (including phenoxy) is 3. The smallest absolute Gasteiger partial charge is 0.0701 e. The zero-order chi connectivity index (χ0) is 14.3. The highest BCUT2D eigenvalue weighted by Gasteiger charge is 2.11. The summed E-state index contributed by atoms with van der Waals surface area (Å²) in [4.78, 5) is 0. The van der Waals surface area contributed by atoms with Gasteiger partial charge < -0.3 is 19.3 Å². The van der Waals surface area contributed by atoms with Gasteiger partial charge in [-0.3, -0.25) is 0 Å². The Morgan fingerprint density at radius 1 is 0.842 bits per heavy atom. The first-order valence-electron chi connectivity index (χ1n) is 7.63. The van der Waals surface area contributed by atoms with E-state index in [1.54, 1.807) is 0 Å². The van der Waals surface area contributed by atoms with E-state index in [2.05, 4.69) is 13.8 Å². The molecular formula is C15H32O4. The van der Waals surface area contributed by atoms with Crippen molar-refractivity contribution in [2.24, 2.45) is 5.92 Å². The third kappa shape index (κ3) is 12.6. The second-order valence-corrected chi connectivity index (χ2v) is 4.89. The Hall–Kier alpha value is -0.160. The topological polar surface area (TPSA) is 47.9 Å². The molecule has 0 aromatic heterocycles. The number of rotatable bonds is 14. The lowest BCUT2D eigenvalue weighted by Crippen LogP contribution is -2.18. The molecule has 0 bridgehead atoms. The van der Waals surface area contributed by atoms with Gasteiger partial charge in [-0.05, 0) is 25.7 Å². The quantitative estimate of drug-likeness (QED) is 0.495. The lowest BCUT2D eigenvalue weighted by Gasteiger charge is -2.17. The molecule has 0 radical (unpaired) electrons. The highest BCUT2D eigenvalue weighted by atomic mass is 16.5. The Bertz CT molecular complexity index is 174. The third-order valence-corrected chi connectivity index (χ3v) is 3.23. The van der Waals surface area contributed by atoms with Gasteiger partial charge in [0, 0.05) is 13.2 Å². The summed E-state index contributed by atoms with van der Waals surface area (Å²) in [5.41, 5.74) is 0. The Balaban J connectivity index is 3.14. The van der Waals surface area contributed by atoms with E-state index in [1.165, 1.54) is 6.42 Å². The van der Waals surface area contributed by atoms with Crippen LogP contribution in [0.25, 0.3) is 0 Å². The standard InChI is InChI=1S/C15H32O4/c1-4-6-8-17-10-12-19-13-11-18-9-7-15(5-2)14(3)16/h14-16H,4-13H2,1-3H3. The molecule has 0 amide bonds. The molecule has 0 spiro atoms. The van der Waals surface area contributed by atoms with Crippen LogP contribution in [0.5, 0.6) is 0 Å². The molecule has 2 atom stereocenters. The largest absolute Gasteiger partial charge is 0.393 e. The van der Waals surface area contributed by atoms with Crippen molar-refractivity contribution in [3.8, 4) is 0 Å². The zero-order valence-corrected chi connectivity index (χ0v) is 12.9. The molecular weight excluding hydrogens is 244 g/mol. The van der Waals surface area contributed by atoms with Crippen molar-refractivity contribution in [3.05, 3.63) is 0 Å². The van der Waals surface area contributed by atoms with Gasteiger partial charge in [0.25, 0.3) is 0 Å². The van der Waals surface area contributed by atoms with E-state index in [1.807, 2.05) is 6.92 Å². The maximum absolute atomic E-state index is 9.48. The highest BCUT2D eigenvalue weighted by Crippen LogP contribution is 2.12. The van der Waals surface area contributed by atoms with Crippen molar-refractivity contribution in [1.82, 2.24) is 0 Å². The number of hydrogen-bond donors (Lipinski definition) is 1. The van der Waals surface area contributed by atoms with Crippen LogP contribution in [0, 0.1) is 5.92 Å². The van der Waals surface area contributed by atoms with E-state index in [0.29, 0.717) is 39.0 Å². The summed E-state index contributed by atoms with van der Waals surface area (Å²) in [5, 5.41) is 9.48. The van der Waals surface area contributed by atoms with Gasteiger partial charge in [0.2, 0.25) is 0 Å². The molecule has 0 saturated heterocycles. The molecule has 116 valence electrons. The zero-order valence-electron chi connectivity index (χ0n) is 12.9. The number of hydrogen-bond acceptors (Lipinski definition) is 4. The fourth-order valence-corrected chi connectivity index (χ4v) is 1.81. The van der Waals surface area contributed by atoms with Gasteiger partial charge in [-0.25, -0.2) is 0 Å². The van der Waals surface area contributed by atoms with Gasteiger partial charge in [0.15, 0.2) is 0 Å². The fourth-order valence-electron chi connectivity index (χ4n) is 1.81. The van der Waals surface area contributed by atoms with E-state index in [0.717, 1.165) is 25.9 Å². The average Bonchev–Trinajstić information content (AvgIpc) is 2.40. The minimum atomic E-state index is -0.245. The van der Waals surface area contributed by atoms with E-state index in [9.17, 15) is 5.11 Å². The molecule has 0 heterocycles. The first-order chi connectivity index (χ1) is 9.22. The first kappa shape index (κ1) is 18.8. The molecule has 0 aromatic rings. The summed E-state index contributed by atoms with van der Waals surface area (Å²) in [6.07, 6.45) is 3.94. The summed E-state index contributed by atoms with van der Waals surface area (Å²) in [6, 6.07) is 0. The lowest BCUT2D eigenvalue weighted by molar-refractivity contribution is 0.00761. The molecule has 4 nitrogen and oxygen atoms in total. The maximum Gasteiger partial charge on any atom is 0.0701 e. The van der Waals surface area contributed by atoms with Crippen LogP contribution in [-0.2, 0) is 14.2 Å². The molecule has 0 rings (SSSR count). The minimum absolute atomic E-state index is 0.245. The van der Waals surface area contributed by atoms with Gasteiger partial charge in [0.1, 0.15) is 0 Å². The van der Waals surface area contributed by atoms with Gasteiger partial charge in [-0.2, -0.15) is 0 Å². The third-order valence-electron chi connectivity index (χ3n) is 3.23. The summed E-state index contributed by atoms with van der Waals surface area (Å²) in [5.74, 6) is 0.341. The number of unbranched alkanes of at least 4 members (excludes halogenated alkanes) is 1. The first-order valence-corrected chi connectivity index (χ1v) is 7.63. The summed E-state index contributed by atoms with van der Waals surface area (Å²) >= 11 is 0.